The molecular formula is C16H17Cl2NS. The van der Waals surface area contributed by atoms with Crippen molar-refractivity contribution in [1.82, 2.24) is 0 Å². The number of hydrogen-bond donors (Lipinski definition) is 1. The quantitative estimate of drug-likeness (QED) is 0.767. The van der Waals surface area contributed by atoms with Crippen LogP contribution in [0.1, 0.15) is 18.1 Å². The maximum atomic E-state index is 6.32. The molecule has 0 radical (unpaired) electrons. The Morgan fingerprint density at radius 2 is 1.65 bits per heavy atom. The van der Waals surface area contributed by atoms with Gasteiger partial charge in [-0.25, -0.2) is 0 Å². The minimum absolute atomic E-state index is 0.119. The molecule has 0 aromatic heterocycles. The van der Waals surface area contributed by atoms with Gasteiger partial charge in [0.2, 0.25) is 0 Å². The summed E-state index contributed by atoms with van der Waals surface area (Å²) in [4.78, 5) is 1.10. The Hall–Kier alpha value is -0.670. The molecule has 0 amide bonds. The third-order valence-electron chi connectivity index (χ3n) is 2.92. The van der Waals surface area contributed by atoms with Gasteiger partial charge in [0.15, 0.2) is 0 Å². The topological polar surface area (TPSA) is 26.0 Å². The number of hydrogen-bond acceptors (Lipinski definition) is 2. The van der Waals surface area contributed by atoms with Gasteiger partial charge in [0, 0.05) is 21.7 Å². The normalized spacial score (nSPS) is 12.4. The summed E-state index contributed by atoms with van der Waals surface area (Å²) >= 11 is 14.2. The molecule has 106 valence electrons. The zero-order chi connectivity index (χ0) is 14.5. The second-order valence-electron chi connectivity index (χ2n) is 4.79. The summed E-state index contributed by atoms with van der Waals surface area (Å²) < 4.78 is 0. The second kappa shape index (κ2) is 7.37. The van der Waals surface area contributed by atoms with Gasteiger partial charge < -0.3 is 5.73 Å². The monoisotopic (exact) mass is 325 g/mol. The first-order chi connectivity index (χ1) is 9.58. The van der Waals surface area contributed by atoms with Gasteiger partial charge in [-0.1, -0.05) is 53.5 Å². The van der Waals surface area contributed by atoms with E-state index in [2.05, 4.69) is 6.07 Å². The van der Waals surface area contributed by atoms with Gasteiger partial charge in [-0.2, -0.15) is 0 Å². The van der Waals surface area contributed by atoms with Crippen LogP contribution >= 0.6 is 35.0 Å². The SMILES string of the molecule is CC(N)Cc1cccc(Cl)c1SCc1ccccc1Cl. The summed E-state index contributed by atoms with van der Waals surface area (Å²) in [5.74, 6) is 0.801. The molecule has 0 aliphatic heterocycles. The van der Waals surface area contributed by atoms with E-state index >= 15 is 0 Å². The van der Waals surface area contributed by atoms with E-state index in [1.54, 1.807) is 11.8 Å². The van der Waals surface area contributed by atoms with Gasteiger partial charge in [-0.15, -0.1) is 11.8 Å². The Kier molecular flexibility index (Phi) is 5.79. The van der Waals surface area contributed by atoms with E-state index in [9.17, 15) is 0 Å². The molecule has 0 spiro atoms. The summed E-state index contributed by atoms with van der Waals surface area (Å²) in [6.45, 7) is 2.00. The first-order valence-electron chi connectivity index (χ1n) is 6.47. The number of rotatable bonds is 5. The third kappa shape index (κ3) is 4.16. The maximum absolute atomic E-state index is 6.32. The first kappa shape index (κ1) is 15.7. The highest BCUT2D eigenvalue weighted by molar-refractivity contribution is 7.98. The van der Waals surface area contributed by atoms with Gasteiger partial charge in [0.25, 0.3) is 0 Å². The molecule has 0 saturated carbocycles. The Balaban J connectivity index is 2.18. The molecule has 1 atom stereocenters. The second-order valence-corrected chi connectivity index (χ2v) is 6.59. The van der Waals surface area contributed by atoms with Crippen molar-refractivity contribution in [2.45, 2.75) is 30.0 Å². The molecule has 1 nitrogen and oxygen atoms in total. The Morgan fingerprint density at radius 3 is 2.35 bits per heavy atom. The molecule has 1 unspecified atom stereocenters. The smallest absolute Gasteiger partial charge is 0.0544 e. The molecule has 2 aromatic rings. The molecule has 0 aliphatic rings. The molecule has 20 heavy (non-hydrogen) atoms. The van der Waals surface area contributed by atoms with Crippen molar-refractivity contribution in [1.29, 1.82) is 0 Å². The Labute approximate surface area is 134 Å². The fourth-order valence-electron chi connectivity index (χ4n) is 1.99. The van der Waals surface area contributed by atoms with Crippen molar-refractivity contribution in [3.8, 4) is 0 Å². The highest BCUT2D eigenvalue weighted by Gasteiger charge is 2.10. The zero-order valence-electron chi connectivity index (χ0n) is 11.3. The molecule has 0 fully saturated rings. The molecule has 0 saturated heterocycles. The lowest BCUT2D eigenvalue weighted by Crippen LogP contribution is -2.18. The lowest BCUT2D eigenvalue weighted by molar-refractivity contribution is 0.729. The minimum Gasteiger partial charge on any atom is -0.328 e. The third-order valence-corrected chi connectivity index (χ3v) is 4.94. The molecular weight excluding hydrogens is 309 g/mol. The first-order valence-corrected chi connectivity index (χ1v) is 8.21. The van der Waals surface area contributed by atoms with E-state index in [1.807, 2.05) is 43.3 Å². The van der Waals surface area contributed by atoms with Crippen LogP contribution < -0.4 is 5.73 Å². The van der Waals surface area contributed by atoms with Gasteiger partial charge in [0.1, 0.15) is 0 Å². The van der Waals surface area contributed by atoms with Gasteiger partial charge in [-0.3, -0.25) is 0 Å². The minimum atomic E-state index is 0.119. The van der Waals surface area contributed by atoms with Crippen molar-refractivity contribution in [2.75, 3.05) is 0 Å². The van der Waals surface area contributed by atoms with Crippen LogP contribution in [0.25, 0.3) is 0 Å². The summed E-state index contributed by atoms with van der Waals surface area (Å²) in [5.41, 5.74) is 8.22. The molecule has 2 N–H and O–H groups in total. The predicted molar refractivity (Wildman–Crippen MR) is 89.8 cm³/mol. The van der Waals surface area contributed by atoms with E-state index in [0.29, 0.717) is 0 Å². The Morgan fingerprint density at radius 1 is 1.00 bits per heavy atom. The predicted octanol–water partition coefficient (Wildman–Crippen LogP) is 5.18. The van der Waals surface area contributed by atoms with Crippen molar-refractivity contribution in [3.63, 3.8) is 0 Å². The number of nitrogens with two attached hydrogens (primary N) is 1. The van der Waals surface area contributed by atoms with E-state index in [1.165, 1.54) is 5.56 Å². The lowest BCUT2D eigenvalue weighted by Gasteiger charge is -2.13. The number of thioether (sulfide) groups is 1. The van der Waals surface area contributed by atoms with Crippen LogP contribution in [0.5, 0.6) is 0 Å². The maximum Gasteiger partial charge on any atom is 0.0544 e. The van der Waals surface area contributed by atoms with Crippen LogP contribution in [-0.2, 0) is 12.2 Å². The fraction of sp³-hybridized carbons (Fsp3) is 0.250. The van der Waals surface area contributed by atoms with Gasteiger partial charge in [-0.05, 0) is 36.6 Å². The van der Waals surface area contributed by atoms with Crippen molar-refractivity contribution in [3.05, 3.63) is 63.6 Å². The number of halogens is 2. The number of benzene rings is 2. The Bertz CT molecular complexity index is 584. The van der Waals surface area contributed by atoms with E-state index in [0.717, 1.165) is 32.7 Å². The molecule has 4 heteroatoms. The van der Waals surface area contributed by atoms with E-state index < -0.39 is 0 Å². The molecule has 0 aliphatic carbocycles. The highest BCUT2D eigenvalue weighted by atomic mass is 35.5. The van der Waals surface area contributed by atoms with Crippen LogP contribution in [0.3, 0.4) is 0 Å². The molecule has 2 rings (SSSR count). The molecule has 0 heterocycles. The zero-order valence-corrected chi connectivity index (χ0v) is 13.6. The van der Waals surface area contributed by atoms with E-state index in [4.69, 9.17) is 28.9 Å². The van der Waals surface area contributed by atoms with Crippen molar-refractivity contribution < 1.29 is 0 Å². The molecule has 2 aromatic carbocycles. The van der Waals surface area contributed by atoms with Crippen LogP contribution in [0.2, 0.25) is 10.0 Å². The summed E-state index contributed by atoms with van der Waals surface area (Å²) in [5, 5.41) is 1.57. The van der Waals surface area contributed by atoms with Crippen LogP contribution in [0.15, 0.2) is 47.4 Å². The van der Waals surface area contributed by atoms with Crippen LogP contribution in [-0.4, -0.2) is 6.04 Å². The molecule has 0 bridgehead atoms. The average Bonchev–Trinajstić information content (AvgIpc) is 2.39. The van der Waals surface area contributed by atoms with Crippen LogP contribution in [0, 0.1) is 0 Å². The summed E-state index contributed by atoms with van der Waals surface area (Å²) in [6.07, 6.45) is 0.825. The highest BCUT2D eigenvalue weighted by Crippen LogP contribution is 2.34. The summed E-state index contributed by atoms with van der Waals surface area (Å²) in [6, 6.07) is 14.0. The van der Waals surface area contributed by atoms with E-state index in [-0.39, 0.29) is 6.04 Å². The van der Waals surface area contributed by atoms with Crippen molar-refractivity contribution in [2.24, 2.45) is 5.73 Å². The van der Waals surface area contributed by atoms with Crippen molar-refractivity contribution >= 4 is 35.0 Å². The summed E-state index contributed by atoms with van der Waals surface area (Å²) in [7, 11) is 0. The van der Waals surface area contributed by atoms with Crippen LogP contribution in [0.4, 0.5) is 0 Å². The van der Waals surface area contributed by atoms with Gasteiger partial charge >= 0.3 is 0 Å². The lowest BCUT2D eigenvalue weighted by atomic mass is 10.1. The average molecular weight is 326 g/mol. The van der Waals surface area contributed by atoms with Gasteiger partial charge in [0.05, 0.1) is 5.02 Å². The largest absolute Gasteiger partial charge is 0.328 e. The standard InChI is InChI=1S/C16H17Cl2NS/c1-11(19)9-12-6-4-8-15(18)16(12)20-10-13-5-2-3-7-14(13)17/h2-8,11H,9-10,19H2,1H3. The fourth-order valence-corrected chi connectivity index (χ4v) is 3.72.